The number of hydrogen-bond acceptors (Lipinski definition) is 6. The summed E-state index contributed by atoms with van der Waals surface area (Å²) in [5, 5.41) is 9.92. The minimum absolute atomic E-state index is 0.0745. The lowest BCUT2D eigenvalue weighted by Gasteiger charge is -2.06. The summed E-state index contributed by atoms with van der Waals surface area (Å²) in [6, 6.07) is 16.6. The Balaban J connectivity index is 1.62. The number of phenolic OH excluding ortho intramolecular Hbond substituents is 1. The van der Waals surface area contributed by atoms with Gasteiger partial charge in [0.05, 0.1) is 7.11 Å². The minimum atomic E-state index is 0.0745. The third-order valence-corrected chi connectivity index (χ3v) is 4.69. The molecule has 0 unspecified atom stereocenters. The molecular formula is C22H17N3O4. The molecule has 7 heteroatoms. The maximum atomic E-state index is 9.92. The third kappa shape index (κ3) is 3.02. The van der Waals surface area contributed by atoms with E-state index in [0.29, 0.717) is 23.0 Å². The van der Waals surface area contributed by atoms with Gasteiger partial charge in [-0.15, -0.1) is 0 Å². The molecule has 144 valence electrons. The van der Waals surface area contributed by atoms with E-state index in [0.717, 1.165) is 22.5 Å². The fraction of sp³-hybridized carbons (Fsp3) is 0.0909. The Labute approximate surface area is 166 Å². The van der Waals surface area contributed by atoms with Crippen molar-refractivity contribution >= 4 is 17.7 Å². The van der Waals surface area contributed by atoms with Gasteiger partial charge < -0.3 is 19.3 Å². The molecule has 0 spiro atoms. The number of aromatic nitrogens is 2. The van der Waals surface area contributed by atoms with Gasteiger partial charge in [0.2, 0.25) is 6.79 Å². The van der Waals surface area contributed by atoms with Crippen molar-refractivity contribution in [2.45, 2.75) is 0 Å². The lowest BCUT2D eigenvalue weighted by atomic mass is 10.1. The number of ether oxygens (including phenoxy) is 3. The number of pyridine rings is 1. The molecule has 4 aromatic rings. The molecule has 1 aliphatic rings. The first-order valence-electron chi connectivity index (χ1n) is 9.01. The van der Waals surface area contributed by atoms with Gasteiger partial charge in [0, 0.05) is 18.0 Å². The highest BCUT2D eigenvalue weighted by molar-refractivity contribution is 5.86. The van der Waals surface area contributed by atoms with Crippen molar-refractivity contribution < 1.29 is 19.3 Å². The van der Waals surface area contributed by atoms with E-state index < -0.39 is 0 Å². The van der Waals surface area contributed by atoms with Gasteiger partial charge in [-0.3, -0.25) is 4.40 Å². The molecule has 5 rings (SSSR count). The van der Waals surface area contributed by atoms with Gasteiger partial charge in [-0.25, -0.2) is 9.98 Å². The zero-order valence-electron chi connectivity index (χ0n) is 15.6. The van der Waals surface area contributed by atoms with Crippen LogP contribution in [0.25, 0.3) is 16.9 Å². The molecule has 0 fully saturated rings. The summed E-state index contributed by atoms with van der Waals surface area (Å²) in [4.78, 5) is 9.45. The normalized spacial score (nSPS) is 12.7. The van der Waals surface area contributed by atoms with Gasteiger partial charge in [0.1, 0.15) is 11.3 Å². The second-order valence-corrected chi connectivity index (χ2v) is 6.47. The Kier molecular flexibility index (Phi) is 4.05. The number of aliphatic imine (C=N–C) groups is 1. The topological polar surface area (TPSA) is 77.6 Å². The number of imidazole rings is 1. The molecule has 29 heavy (non-hydrogen) atoms. The Hall–Kier alpha value is -4.00. The van der Waals surface area contributed by atoms with E-state index >= 15 is 0 Å². The number of fused-ring (bicyclic) bond motifs is 2. The van der Waals surface area contributed by atoms with Crippen LogP contribution >= 0.6 is 0 Å². The first kappa shape index (κ1) is 17.1. The van der Waals surface area contributed by atoms with Gasteiger partial charge in [-0.1, -0.05) is 6.07 Å². The van der Waals surface area contributed by atoms with Crippen LogP contribution in [-0.2, 0) is 0 Å². The molecule has 0 atom stereocenters. The SMILES string of the molecule is COc1cc(-c2nc3ccccn3c2N=Cc2ccc3c(c2)OCO3)ccc1O. The monoisotopic (exact) mass is 387 g/mol. The van der Waals surface area contributed by atoms with Crippen molar-refractivity contribution in [2.24, 2.45) is 4.99 Å². The molecule has 1 N–H and O–H groups in total. The third-order valence-electron chi connectivity index (χ3n) is 4.69. The Morgan fingerprint density at radius 1 is 1.10 bits per heavy atom. The summed E-state index contributed by atoms with van der Waals surface area (Å²) in [7, 11) is 1.52. The average molecular weight is 387 g/mol. The first-order valence-corrected chi connectivity index (χ1v) is 9.01. The van der Waals surface area contributed by atoms with E-state index in [2.05, 4.69) is 0 Å². The molecule has 0 aliphatic carbocycles. The van der Waals surface area contributed by atoms with Crippen LogP contribution < -0.4 is 14.2 Å². The molecule has 2 aromatic heterocycles. The molecule has 0 saturated carbocycles. The smallest absolute Gasteiger partial charge is 0.231 e. The minimum Gasteiger partial charge on any atom is -0.504 e. The summed E-state index contributed by atoms with van der Waals surface area (Å²) in [5.41, 5.74) is 3.13. The zero-order valence-corrected chi connectivity index (χ0v) is 15.6. The highest BCUT2D eigenvalue weighted by Gasteiger charge is 2.16. The van der Waals surface area contributed by atoms with Gasteiger partial charge >= 0.3 is 0 Å². The number of rotatable bonds is 4. The van der Waals surface area contributed by atoms with Crippen LogP contribution in [0.2, 0.25) is 0 Å². The van der Waals surface area contributed by atoms with E-state index in [-0.39, 0.29) is 12.5 Å². The van der Waals surface area contributed by atoms with Crippen molar-refractivity contribution in [2.75, 3.05) is 13.9 Å². The predicted octanol–water partition coefficient (Wildman–Crippen LogP) is 4.19. The molecule has 0 bridgehead atoms. The summed E-state index contributed by atoms with van der Waals surface area (Å²) in [5.74, 6) is 2.56. The number of hydrogen-bond donors (Lipinski definition) is 1. The van der Waals surface area contributed by atoms with E-state index in [1.165, 1.54) is 7.11 Å². The van der Waals surface area contributed by atoms with Gasteiger partial charge in [0.25, 0.3) is 0 Å². The number of benzene rings is 2. The predicted molar refractivity (Wildman–Crippen MR) is 109 cm³/mol. The maximum Gasteiger partial charge on any atom is 0.231 e. The Morgan fingerprint density at radius 2 is 2.00 bits per heavy atom. The standard InChI is InChI=1S/C22H17N3O4/c1-27-18-11-15(6-7-16(18)26)21-22(25-9-3-2-4-20(25)24-21)23-12-14-5-8-17-19(10-14)29-13-28-17/h2-12,26H,13H2,1H3. The van der Waals surface area contributed by atoms with Gasteiger partial charge in [-0.05, 0) is 54.1 Å². The molecule has 0 amide bonds. The van der Waals surface area contributed by atoms with Crippen molar-refractivity contribution in [3.8, 4) is 34.3 Å². The zero-order chi connectivity index (χ0) is 19.8. The molecule has 1 aliphatic heterocycles. The van der Waals surface area contributed by atoms with E-state index in [9.17, 15) is 5.11 Å². The van der Waals surface area contributed by atoms with Gasteiger partial charge in [-0.2, -0.15) is 0 Å². The fourth-order valence-corrected chi connectivity index (χ4v) is 3.25. The number of methoxy groups -OCH3 is 1. The van der Waals surface area contributed by atoms with Gasteiger partial charge in [0.15, 0.2) is 28.8 Å². The summed E-state index contributed by atoms with van der Waals surface area (Å²) in [6.45, 7) is 0.232. The number of phenols is 1. The second kappa shape index (κ2) is 6.87. The van der Waals surface area contributed by atoms with Crippen LogP contribution in [-0.4, -0.2) is 34.6 Å². The highest BCUT2D eigenvalue weighted by Crippen LogP contribution is 2.36. The molecule has 0 radical (unpaired) electrons. The number of aromatic hydroxyl groups is 1. The van der Waals surface area contributed by atoms with Crippen molar-refractivity contribution in [1.82, 2.24) is 9.38 Å². The van der Waals surface area contributed by atoms with E-state index in [4.69, 9.17) is 24.2 Å². The van der Waals surface area contributed by atoms with Crippen LogP contribution in [0, 0.1) is 0 Å². The van der Waals surface area contributed by atoms with E-state index in [1.54, 1.807) is 24.4 Å². The summed E-state index contributed by atoms with van der Waals surface area (Å²) in [6.07, 6.45) is 3.68. The molecule has 3 heterocycles. The lowest BCUT2D eigenvalue weighted by Crippen LogP contribution is -1.92. The van der Waals surface area contributed by atoms with Crippen molar-refractivity contribution in [1.29, 1.82) is 0 Å². The van der Waals surface area contributed by atoms with Crippen LogP contribution in [0.1, 0.15) is 5.56 Å². The fourth-order valence-electron chi connectivity index (χ4n) is 3.25. The number of nitrogens with zero attached hydrogens (tertiary/aromatic N) is 3. The Morgan fingerprint density at radius 3 is 2.90 bits per heavy atom. The quantitative estimate of drug-likeness (QED) is 0.531. The molecule has 2 aromatic carbocycles. The first-order chi connectivity index (χ1) is 14.2. The lowest BCUT2D eigenvalue weighted by molar-refractivity contribution is 0.174. The van der Waals surface area contributed by atoms with E-state index in [1.807, 2.05) is 47.0 Å². The second-order valence-electron chi connectivity index (χ2n) is 6.47. The average Bonchev–Trinajstić information content (AvgIpc) is 3.36. The molecule has 7 nitrogen and oxygen atoms in total. The van der Waals surface area contributed by atoms with Crippen LogP contribution in [0.5, 0.6) is 23.0 Å². The largest absolute Gasteiger partial charge is 0.504 e. The molecule has 0 saturated heterocycles. The molecular weight excluding hydrogens is 370 g/mol. The van der Waals surface area contributed by atoms with Crippen molar-refractivity contribution in [3.63, 3.8) is 0 Å². The van der Waals surface area contributed by atoms with Crippen LogP contribution in [0.3, 0.4) is 0 Å². The highest BCUT2D eigenvalue weighted by atomic mass is 16.7. The Bertz CT molecular complexity index is 1250. The maximum absolute atomic E-state index is 9.92. The van der Waals surface area contributed by atoms with Crippen LogP contribution in [0.15, 0.2) is 65.8 Å². The summed E-state index contributed by atoms with van der Waals surface area (Å²) >= 11 is 0. The van der Waals surface area contributed by atoms with Crippen molar-refractivity contribution in [3.05, 3.63) is 66.4 Å². The van der Waals surface area contributed by atoms with Crippen LogP contribution in [0.4, 0.5) is 5.82 Å². The summed E-state index contributed by atoms with van der Waals surface area (Å²) < 4.78 is 18.0.